The van der Waals surface area contributed by atoms with Gasteiger partial charge >= 0.3 is 0 Å². The second-order valence-corrected chi connectivity index (χ2v) is 5.25. The van der Waals surface area contributed by atoms with E-state index < -0.39 is 5.82 Å². The molecule has 0 aliphatic carbocycles. The molecule has 1 nitrogen and oxygen atoms in total. The lowest BCUT2D eigenvalue weighted by atomic mass is 10.1. The maximum atomic E-state index is 13.2. The fourth-order valence-corrected chi connectivity index (χ4v) is 2.77. The van der Waals surface area contributed by atoms with Crippen molar-refractivity contribution < 1.29 is 9.18 Å². The molecule has 0 saturated carbocycles. The zero-order valence-electron chi connectivity index (χ0n) is 8.46. The highest BCUT2D eigenvalue weighted by atomic mass is 79.9. The van der Waals surface area contributed by atoms with Crippen molar-refractivity contribution in [3.05, 3.63) is 55.9 Å². The molecule has 0 unspecified atom stereocenters. The molecule has 0 aliphatic heterocycles. The minimum absolute atomic E-state index is 0.132. The molecule has 2 aromatic rings. The molecule has 16 heavy (non-hydrogen) atoms. The van der Waals surface area contributed by atoms with Gasteiger partial charge in [-0.3, -0.25) is 4.79 Å². The highest BCUT2D eigenvalue weighted by Crippen LogP contribution is 2.22. The van der Waals surface area contributed by atoms with Gasteiger partial charge < -0.3 is 0 Å². The lowest BCUT2D eigenvalue weighted by molar-refractivity contribution is 0.104. The van der Waals surface area contributed by atoms with Gasteiger partial charge in [0, 0.05) is 10.0 Å². The van der Waals surface area contributed by atoms with E-state index in [0.717, 1.165) is 5.56 Å². The molecule has 2 rings (SSSR count). The van der Waals surface area contributed by atoms with Gasteiger partial charge in [-0.25, -0.2) is 4.39 Å². The normalized spacial score (nSPS) is 10.4. The van der Waals surface area contributed by atoms with Crippen LogP contribution in [-0.2, 0) is 0 Å². The fourth-order valence-electron chi connectivity index (χ4n) is 1.42. The molecule has 4 heteroatoms. The number of benzene rings is 1. The number of aryl methyl sites for hydroxylation is 1. The zero-order chi connectivity index (χ0) is 11.7. The summed E-state index contributed by atoms with van der Waals surface area (Å²) in [6, 6.07) is 6.10. The Bertz CT molecular complexity index is 527. The van der Waals surface area contributed by atoms with Crippen LogP contribution in [0.4, 0.5) is 4.39 Å². The highest BCUT2D eigenvalue weighted by molar-refractivity contribution is 9.10. The Balaban J connectivity index is 2.45. The van der Waals surface area contributed by atoms with Crippen LogP contribution in [0, 0.1) is 12.7 Å². The SMILES string of the molecule is Cc1ccsc1C(=O)c1cc(F)cc(Br)c1. The first kappa shape index (κ1) is 11.5. The maximum Gasteiger partial charge on any atom is 0.203 e. The minimum atomic E-state index is -0.410. The smallest absolute Gasteiger partial charge is 0.203 e. The van der Waals surface area contributed by atoms with E-state index in [1.165, 1.54) is 23.5 Å². The van der Waals surface area contributed by atoms with Crippen LogP contribution in [0.15, 0.2) is 34.1 Å². The molecule has 0 aliphatic rings. The van der Waals surface area contributed by atoms with Gasteiger partial charge in [0.15, 0.2) is 0 Å². The Labute approximate surface area is 105 Å². The third-order valence-electron chi connectivity index (χ3n) is 2.19. The highest BCUT2D eigenvalue weighted by Gasteiger charge is 2.14. The summed E-state index contributed by atoms with van der Waals surface area (Å²) in [5, 5.41) is 1.86. The van der Waals surface area contributed by atoms with Gasteiger partial charge in [0.25, 0.3) is 0 Å². The van der Waals surface area contributed by atoms with Gasteiger partial charge in [0.05, 0.1) is 4.88 Å². The second kappa shape index (κ2) is 4.47. The summed E-state index contributed by atoms with van der Waals surface area (Å²) in [5.41, 5.74) is 1.30. The standard InChI is InChI=1S/C12H8BrFOS/c1-7-2-3-16-12(7)11(15)8-4-9(13)6-10(14)5-8/h2-6H,1H3. The Hall–Kier alpha value is -1.00. The van der Waals surface area contributed by atoms with E-state index in [-0.39, 0.29) is 5.78 Å². The van der Waals surface area contributed by atoms with Gasteiger partial charge in [-0.2, -0.15) is 0 Å². The van der Waals surface area contributed by atoms with Crippen LogP contribution in [-0.4, -0.2) is 5.78 Å². The lowest BCUT2D eigenvalue weighted by Crippen LogP contribution is -2.01. The third kappa shape index (κ3) is 2.23. The molecule has 0 bridgehead atoms. The molecule has 0 saturated heterocycles. The maximum absolute atomic E-state index is 13.2. The van der Waals surface area contributed by atoms with Crippen molar-refractivity contribution in [3.8, 4) is 0 Å². The van der Waals surface area contributed by atoms with Crippen LogP contribution in [0.1, 0.15) is 20.8 Å². The molecule has 1 aromatic carbocycles. The first-order chi connectivity index (χ1) is 7.58. The molecule has 1 aromatic heterocycles. The van der Waals surface area contributed by atoms with Crippen LogP contribution in [0.3, 0.4) is 0 Å². The molecule has 0 atom stereocenters. The third-order valence-corrected chi connectivity index (χ3v) is 3.67. The van der Waals surface area contributed by atoms with Gasteiger partial charge in [0.1, 0.15) is 5.82 Å². The zero-order valence-corrected chi connectivity index (χ0v) is 10.9. The molecule has 0 fully saturated rings. The van der Waals surface area contributed by atoms with E-state index >= 15 is 0 Å². The molecular weight excluding hydrogens is 291 g/mol. The molecule has 0 N–H and O–H groups in total. The molecule has 82 valence electrons. The quantitative estimate of drug-likeness (QED) is 0.760. The lowest BCUT2D eigenvalue weighted by Gasteiger charge is -2.01. The second-order valence-electron chi connectivity index (χ2n) is 3.42. The number of thiophene rings is 1. The van der Waals surface area contributed by atoms with Crippen molar-refractivity contribution in [2.24, 2.45) is 0 Å². The summed E-state index contributed by atoms with van der Waals surface area (Å²) in [6.07, 6.45) is 0. The van der Waals surface area contributed by atoms with Crippen molar-refractivity contribution in [1.82, 2.24) is 0 Å². The van der Waals surface area contributed by atoms with Crippen LogP contribution in [0.25, 0.3) is 0 Å². The van der Waals surface area contributed by atoms with Crippen LogP contribution < -0.4 is 0 Å². The van der Waals surface area contributed by atoms with E-state index in [4.69, 9.17) is 0 Å². The number of ketones is 1. The number of halogens is 2. The van der Waals surface area contributed by atoms with E-state index in [2.05, 4.69) is 15.9 Å². The Morgan fingerprint density at radius 2 is 2.12 bits per heavy atom. The molecule has 0 spiro atoms. The first-order valence-electron chi connectivity index (χ1n) is 4.63. The summed E-state index contributed by atoms with van der Waals surface area (Å²) in [6.45, 7) is 1.87. The molecule has 1 heterocycles. The van der Waals surface area contributed by atoms with E-state index in [1.54, 1.807) is 6.07 Å². The topological polar surface area (TPSA) is 17.1 Å². The largest absolute Gasteiger partial charge is 0.288 e. The summed E-state index contributed by atoms with van der Waals surface area (Å²) >= 11 is 4.55. The Kier molecular flexibility index (Phi) is 3.21. The predicted octanol–water partition coefficient (Wildman–Crippen LogP) is 4.19. The van der Waals surface area contributed by atoms with Crippen LogP contribution >= 0.6 is 27.3 Å². The number of carbonyl (C=O) groups is 1. The molecule has 0 radical (unpaired) electrons. The average molecular weight is 299 g/mol. The fraction of sp³-hybridized carbons (Fsp3) is 0.0833. The average Bonchev–Trinajstić information content (AvgIpc) is 2.62. The number of hydrogen-bond acceptors (Lipinski definition) is 2. The predicted molar refractivity (Wildman–Crippen MR) is 66.6 cm³/mol. The first-order valence-corrected chi connectivity index (χ1v) is 6.30. The molecular formula is C12H8BrFOS. The molecule has 0 amide bonds. The van der Waals surface area contributed by atoms with E-state index in [9.17, 15) is 9.18 Å². The number of carbonyl (C=O) groups excluding carboxylic acids is 1. The summed E-state index contributed by atoms with van der Waals surface area (Å²) in [5.74, 6) is -0.542. The van der Waals surface area contributed by atoms with Crippen molar-refractivity contribution in [2.45, 2.75) is 6.92 Å². The van der Waals surface area contributed by atoms with Crippen LogP contribution in [0.2, 0.25) is 0 Å². The number of rotatable bonds is 2. The Morgan fingerprint density at radius 3 is 2.69 bits per heavy atom. The number of hydrogen-bond donors (Lipinski definition) is 0. The van der Waals surface area contributed by atoms with Gasteiger partial charge in [-0.1, -0.05) is 15.9 Å². The van der Waals surface area contributed by atoms with E-state index in [0.29, 0.717) is 14.9 Å². The Morgan fingerprint density at radius 1 is 1.38 bits per heavy atom. The van der Waals surface area contributed by atoms with Gasteiger partial charge in [-0.15, -0.1) is 11.3 Å². The van der Waals surface area contributed by atoms with Gasteiger partial charge in [0.2, 0.25) is 5.78 Å². The van der Waals surface area contributed by atoms with Crippen molar-refractivity contribution >= 4 is 33.0 Å². The van der Waals surface area contributed by atoms with Crippen LogP contribution in [0.5, 0.6) is 0 Å². The van der Waals surface area contributed by atoms with Crippen molar-refractivity contribution in [1.29, 1.82) is 0 Å². The minimum Gasteiger partial charge on any atom is -0.288 e. The monoisotopic (exact) mass is 298 g/mol. The van der Waals surface area contributed by atoms with E-state index in [1.807, 2.05) is 18.4 Å². The summed E-state index contributed by atoms with van der Waals surface area (Å²) in [7, 11) is 0. The van der Waals surface area contributed by atoms with Crippen molar-refractivity contribution in [2.75, 3.05) is 0 Å². The summed E-state index contributed by atoms with van der Waals surface area (Å²) < 4.78 is 13.7. The van der Waals surface area contributed by atoms with Crippen molar-refractivity contribution in [3.63, 3.8) is 0 Å². The summed E-state index contributed by atoms with van der Waals surface area (Å²) in [4.78, 5) is 12.7. The van der Waals surface area contributed by atoms with Gasteiger partial charge in [-0.05, 0) is 42.1 Å².